The Morgan fingerprint density at radius 2 is 1.38 bits per heavy atom. The van der Waals surface area contributed by atoms with Gasteiger partial charge in [0, 0.05) is 12.8 Å². The lowest BCUT2D eigenvalue weighted by Crippen LogP contribution is -2.51. The van der Waals surface area contributed by atoms with Crippen LogP contribution in [0.25, 0.3) is 0 Å². The number of nitrogens with one attached hydrogen (secondary N) is 2. The first-order valence-electron chi connectivity index (χ1n) is 5.96. The number of aldehydes is 1. The van der Waals surface area contributed by atoms with Gasteiger partial charge in [0.2, 0.25) is 0 Å². The van der Waals surface area contributed by atoms with E-state index >= 15 is 0 Å². The minimum atomic E-state index is -1.46. The van der Waals surface area contributed by atoms with E-state index in [2.05, 4.69) is 0 Å². The van der Waals surface area contributed by atoms with E-state index < -0.39 is 42.4 Å². The lowest BCUT2D eigenvalue weighted by molar-refractivity contribution is -0.141. The van der Waals surface area contributed by atoms with Gasteiger partial charge in [-0.3, -0.25) is 4.79 Å². The zero-order chi connectivity index (χ0) is 16.4. The molecule has 0 fully saturated rings. The van der Waals surface area contributed by atoms with Crippen molar-refractivity contribution >= 4 is 30.2 Å². The monoisotopic (exact) mass is 304 g/mol. The van der Waals surface area contributed by atoms with Gasteiger partial charge in [-0.05, 0) is 12.8 Å². The molecule has 0 aliphatic heterocycles. The fourth-order valence-electron chi connectivity index (χ4n) is 1.38. The van der Waals surface area contributed by atoms with Gasteiger partial charge in [-0.25, -0.2) is 14.4 Å². The van der Waals surface area contributed by atoms with Crippen LogP contribution in [0.2, 0.25) is 0 Å². The summed E-state index contributed by atoms with van der Waals surface area (Å²) >= 11 is 0. The Hall–Kier alpha value is -2.65. The SMILES string of the molecule is O=CCC[C@H](NC(=O)NC(CCC(=O)O)C(=O)O)C(=O)O. The third kappa shape index (κ3) is 8.18. The molecule has 1 unspecified atom stereocenters. The zero-order valence-electron chi connectivity index (χ0n) is 10.9. The van der Waals surface area contributed by atoms with Crippen LogP contribution in [0.4, 0.5) is 4.79 Å². The average Bonchev–Trinajstić information content (AvgIpc) is 2.38. The van der Waals surface area contributed by atoms with E-state index in [0.717, 1.165) is 0 Å². The number of carboxylic acid groups (broad SMARTS) is 3. The Labute approximate surface area is 119 Å². The molecule has 0 heterocycles. The van der Waals surface area contributed by atoms with Crippen molar-refractivity contribution in [3.63, 3.8) is 0 Å². The molecule has 0 aromatic carbocycles. The van der Waals surface area contributed by atoms with Crippen molar-refractivity contribution in [2.75, 3.05) is 0 Å². The highest BCUT2D eigenvalue weighted by Crippen LogP contribution is 2.00. The van der Waals surface area contributed by atoms with Gasteiger partial charge in [0.1, 0.15) is 18.4 Å². The summed E-state index contributed by atoms with van der Waals surface area (Å²) in [6.07, 6.45) is -0.547. The van der Waals surface area contributed by atoms with Crippen molar-refractivity contribution in [2.24, 2.45) is 0 Å². The van der Waals surface area contributed by atoms with Gasteiger partial charge in [-0.15, -0.1) is 0 Å². The normalized spacial score (nSPS) is 12.8. The molecule has 0 aromatic rings. The van der Waals surface area contributed by atoms with Crippen LogP contribution in [0, 0.1) is 0 Å². The van der Waals surface area contributed by atoms with Crippen LogP contribution in [-0.4, -0.2) is 57.6 Å². The highest BCUT2D eigenvalue weighted by molar-refractivity contribution is 5.86. The number of urea groups is 1. The highest BCUT2D eigenvalue weighted by atomic mass is 16.4. The molecule has 0 aliphatic rings. The molecule has 0 bridgehead atoms. The van der Waals surface area contributed by atoms with E-state index in [1.54, 1.807) is 0 Å². The largest absolute Gasteiger partial charge is 0.481 e. The molecule has 0 rings (SSSR count). The van der Waals surface area contributed by atoms with Crippen LogP contribution < -0.4 is 10.6 Å². The first-order chi connectivity index (χ1) is 9.77. The fourth-order valence-corrected chi connectivity index (χ4v) is 1.38. The molecule has 2 atom stereocenters. The van der Waals surface area contributed by atoms with Gasteiger partial charge >= 0.3 is 23.9 Å². The van der Waals surface area contributed by atoms with Gasteiger partial charge in [0.15, 0.2) is 0 Å². The van der Waals surface area contributed by atoms with Crippen molar-refractivity contribution in [1.29, 1.82) is 0 Å². The minimum Gasteiger partial charge on any atom is -0.481 e. The van der Waals surface area contributed by atoms with Crippen LogP contribution in [0.5, 0.6) is 0 Å². The topological polar surface area (TPSA) is 170 Å². The number of aliphatic carboxylic acids is 3. The molecule has 0 saturated heterocycles. The van der Waals surface area contributed by atoms with E-state index in [4.69, 9.17) is 15.3 Å². The van der Waals surface area contributed by atoms with Gasteiger partial charge in [-0.2, -0.15) is 0 Å². The van der Waals surface area contributed by atoms with Gasteiger partial charge in [-0.1, -0.05) is 0 Å². The second-order valence-electron chi connectivity index (χ2n) is 4.08. The summed E-state index contributed by atoms with van der Waals surface area (Å²) in [4.78, 5) is 53.7. The number of amides is 2. The van der Waals surface area contributed by atoms with E-state index in [1.165, 1.54) is 0 Å². The van der Waals surface area contributed by atoms with Crippen LogP contribution in [0.1, 0.15) is 25.7 Å². The third-order valence-corrected chi connectivity index (χ3v) is 2.43. The van der Waals surface area contributed by atoms with Crippen molar-refractivity contribution in [1.82, 2.24) is 10.6 Å². The average molecular weight is 304 g/mol. The fraction of sp³-hybridized carbons (Fsp3) is 0.545. The van der Waals surface area contributed by atoms with Crippen LogP contribution >= 0.6 is 0 Å². The molecule has 5 N–H and O–H groups in total. The van der Waals surface area contributed by atoms with Crippen LogP contribution in [0.3, 0.4) is 0 Å². The Morgan fingerprint density at radius 3 is 1.76 bits per heavy atom. The summed E-state index contributed by atoms with van der Waals surface area (Å²) in [5.41, 5.74) is 0. The summed E-state index contributed by atoms with van der Waals surface area (Å²) in [6, 6.07) is -3.86. The number of carbonyl (C=O) groups is 5. The van der Waals surface area contributed by atoms with Crippen molar-refractivity contribution in [3.05, 3.63) is 0 Å². The number of rotatable bonds is 10. The van der Waals surface area contributed by atoms with Crippen molar-refractivity contribution in [3.8, 4) is 0 Å². The molecule has 118 valence electrons. The third-order valence-electron chi connectivity index (χ3n) is 2.43. The Morgan fingerprint density at radius 1 is 0.905 bits per heavy atom. The molecule has 0 radical (unpaired) electrons. The molecule has 0 aliphatic carbocycles. The Kier molecular flexibility index (Phi) is 8.11. The Balaban J connectivity index is 4.52. The summed E-state index contributed by atoms with van der Waals surface area (Å²) in [5, 5.41) is 30.1. The van der Waals surface area contributed by atoms with Crippen LogP contribution in [-0.2, 0) is 19.2 Å². The van der Waals surface area contributed by atoms with E-state index in [0.29, 0.717) is 6.29 Å². The second kappa shape index (κ2) is 9.28. The molecular weight excluding hydrogens is 288 g/mol. The maximum absolute atomic E-state index is 11.5. The van der Waals surface area contributed by atoms with Crippen molar-refractivity contribution in [2.45, 2.75) is 37.8 Å². The predicted octanol–water partition coefficient (Wildman–Crippen LogP) is -0.964. The number of carbonyl (C=O) groups excluding carboxylic acids is 2. The van der Waals surface area contributed by atoms with E-state index in [9.17, 15) is 24.0 Å². The van der Waals surface area contributed by atoms with E-state index in [1.807, 2.05) is 10.6 Å². The van der Waals surface area contributed by atoms with Gasteiger partial charge in [0.25, 0.3) is 0 Å². The summed E-state index contributed by atoms with van der Waals surface area (Å²) in [7, 11) is 0. The highest BCUT2D eigenvalue weighted by Gasteiger charge is 2.24. The van der Waals surface area contributed by atoms with Gasteiger partial charge in [0.05, 0.1) is 0 Å². The molecule has 0 aromatic heterocycles. The van der Waals surface area contributed by atoms with Crippen molar-refractivity contribution < 1.29 is 39.3 Å². The van der Waals surface area contributed by atoms with Crippen LogP contribution in [0.15, 0.2) is 0 Å². The molecule has 0 spiro atoms. The molecule has 21 heavy (non-hydrogen) atoms. The Bertz CT molecular complexity index is 422. The second-order valence-corrected chi connectivity index (χ2v) is 4.08. The first kappa shape index (κ1) is 18.4. The lowest BCUT2D eigenvalue weighted by Gasteiger charge is -2.17. The quantitative estimate of drug-likeness (QED) is 0.321. The predicted molar refractivity (Wildman–Crippen MR) is 66.7 cm³/mol. The summed E-state index contributed by atoms with van der Waals surface area (Å²) < 4.78 is 0. The maximum atomic E-state index is 11.5. The number of hydrogen-bond acceptors (Lipinski definition) is 5. The lowest BCUT2D eigenvalue weighted by atomic mass is 10.1. The number of hydrogen-bond donors (Lipinski definition) is 5. The number of carboxylic acids is 3. The molecule has 10 nitrogen and oxygen atoms in total. The zero-order valence-corrected chi connectivity index (χ0v) is 10.9. The standard InChI is InChI=1S/C11H16N2O8/c14-5-1-2-6(9(17)18)12-11(21)13-7(10(19)20)3-4-8(15)16/h5-7H,1-4H2,(H,15,16)(H,17,18)(H,19,20)(H2,12,13,21)/t6-,7?/m0/s1. The summed E-state index contributed by atoms with van der Waals surface area (Å²) in [6.45, 7) is 0. The summed E-state index contributed by atoms with van der Waals surface area (Å²) in [5.74, 6) is -4.03. The molecule has 2 amide bonds. The van der Waals surface area contributed by atoms with Gasteiger partial charge < -0.3 is 30.7 Å². The first-order valence-corrected chi connectivity index (χ1v) is 5.96. The van der Waals surface area contributed by atoms with E-state index in [-0.39, 0.29) is 19.3 Å². The molecule has 10 heteroatoms. The maximum Gasteiger partial charge on any atom is 0.326 e. The smallest absolute Gasteiger partial charge is 0.326 e. The molecule has 0 saturated carbocycles. The minimum absolute atomic E-state index is 0.0847. The molecular formula is C11H16N2O8.